The lowest BCUT2D eigenvalue weighted by molar-refractivity contribution is 0.0521. The van der Waals surface area contributed by atoms with Crippen LogP contribution in [0.15, 0.2) is 60.7 Å². The van der Waals surface area contributed by atoms with E-state index < -0.39 is 11.9 Å². The van der Waals surface area contributed by atoms with Crippen LogP contribution in [0.5, 0.6) is 23.0 Å². The van der Waals surface area contributed by atoms with Crippen molar-refractivity contribution in [1.29, 1.82) is 0 Å². The minimum atomic E-state index is -0.846. The van der Waals surface area contributed by atoms with Gasteiger partial charge in [-0.2, -0.15) is 0 Å². The first-order chi connectivity index (χ1) is 18.7. The van der Waals surface area contributed by atoms with Crippen molar-refractivity contribution in [1.82, 2.24) is 4.90 Å². The second-order valence-electron chi connectivity index (χ2n) is 8.58. The van der Waals surface area contributed by atoms with E-state index >= 15 is 0 Å². The summed E-state index contributed by atoms with van der Waals surface area (Å²) in [4.78, 5) is 27.7. The fraction of sp³-hybridized carbons (Fsp3) is 0.207. The van der Waals surface area contributed by atoms with Gasteiger partial charge >= 0.3 is 11.9 Å². The Hall–Kier alpha value is -4.57. The zero-order chi connectivity index (χ0) is 28.1. The zero-order valence-electron chi connectivity index (χ0n) is 21.8. The summed E-state index contributed by atoms with van der Waals surface area (Å²) in [5.41, 5.74) is -0.00971. The molecule has 4 rings (SSSR count). The van der Waals surface area contributed by atoms with Crippen molar-refractivity contribution in [2.75, 3.05) is 34.6 Å². The van der Waals surface area contributed by atoms with Crippen molar-refractivity contribution in [2.24, 2.45) is 0 Å². The smallest absolute Gasteiger partial charge is 0.347 e. The first-order valence-electron chi connectivity index (χ1n) is 12.0. The van der Waals surface area contributed by atoms with Gasteiger partial charge in [-0.3, -0.25) is 0 Å². The molecule has 1 N–H and O–H groups in total. The van der Waals surface area contributed by atoms with Gasteiger partial charge in [0.05, 0.1) is 13.7 Å². The predicted molar refractivity (Wildman–Crippen MR) is 150 cm³/mol. The fourth-order valence-corrected chi connectivity index (χ4v) is 3.88. The van der Waals surface area contributed by atoms with Crippen molar-refractivity contribution in [3.8, 4) is 23.0 Å². The predicted octanol–water partition coefficient (Wildman–Crippen LogP) is 5.30. The summed E-state index contributed by atoms with van der Waals surface area (Å²) in [7, 11) is 5.06. The molecule has 4 aromatic rings. The number of nitrogens with zero attached hydrogens (tertiary/aromatic N) is 1. The maximum Gasteiger partial charge on any atom is 0.347 e. The average molecular weight is 550 g/mol. The molecule has 0 saturated carbocycles. The van der Waals surface area contributed by atoms with Crippen LogP contribution in [0.3, 0.4) is 0 Å². The lowest BCUT2D eigenvalue weighted by Crippen LogP contribution is -2.24. The van der Waals surface area contributed by atoms with Gasteiger partial charge in [0, 0.05) is 19.5 Å². The van der Waals surface area contributed by atoms with Crippen LogP contribution in [0.25, 0.3) is 21.5 Å². The highest BCUT2D eigenvalue weighted by molar-refractivity contribution is 7.80. The molecule has 39 heavy (non-hydrogen) atoms. The van der Waals surface area contributed by atoms with Gasteiger partial charge in [0.25, 0.3) is 5.17 Å². The maximum atomic E-state index is 13.3. The van der Waals surface area contributed by atoms with Crippen molar-refractivity contribution in [2.45, 2.75) is 6.92 Å². The molecule has 0 spiro atoms. The van der Waals surface area contributed by atoms with Crippen LogP contribution >= 0.6 is 12.2 Å². The Morgan fingerprint density at radius 1 is 0.846 bits per heavy atom. The molecule has 9 nitrogen and oxygen atoms in total. The molecule has 10 heteroatoms. The van der Waals surface area contributed by atoms with Crippen molar-refractivity contribution in [3.63, 3.8) is 0 Å². The fourth-order valence-electron chi connectivity index (χ4n) is 3.83. The Kier molecular flexibility index (Phi) is 8.36. The van der Waals surface area contributed by atoms with E-state index in [1.165, 1.54) is 25.3 Å². The number of ether oxygens (including phenoxy) is 5. The molecule has 0 aliphatic carbocycles. The summed E-state index contributed by atoms with van der Waals surface area (Å²) < 4.78 is 27.2. The van der Waals surface area contributed by atoms with Gasteiger partial charge in [0.15, 0.2) is 5.75 Å². The Morgan fingerprint density at radius 2 is 1.56 bits per heavy atom. The number of aromatic hydroxyl groups is 1. The molecule has 0 bridgehead atoms. The van der Waals surface area contributed by atoms with E-state index in [-0.39, 0.29) is 41.2 Å². The molecule has 0 heterocycles. The Morgan fingerprint density at radius 3 is 2.28 bits per heavy atom. The van der Waals surface area contributed by atoms with Gasteiger partial charge in [0.2, 0.25) is 6.79 Å². The highest BCUT2D eigenvalue weighted by Gasteiger charge is 2.23. The largest absolute Gasteiger partial charge is 0.507 e. The number of phenolic OH excluding ortho intramolecular Hbond substituents is 1. The van der Waals surface area contributed by atoms with E-state index in [9.17, 15) is 14.7 Å². The first kappa shape index (κ1) is 27.5. The van der Waals surface area contributed by atoms with E-state index in [0.29, 0.717) is 33.0 Å². The van der Waals surface area contributed by atoms with Gasteiger partial charge in [-0.25, -0.2) is 9.59 Å². The number of fused-ring (bicyclic) bond motifs is 2. The Labute approximate surface area is 230 Å². The summed E-state index contributed by atoms with van der Waals surface area (Å²) in [6, 6.07) is 16.5. The molecule has 0 aromatic heterocycles. The number of hydrogen-bond acceptors (Lipinski definition) is 9. The monoisotopic (exact) mass is 549 g/mol. The summed E-state index contributed by atoms with van der Waals surface area (Å²) in [5.74, 6) is -0.689. The number of esters is 2. The third-order valence-corrected chi connectivity index (χ3v) is 6.27. The van der Waals surface area contributed by atoms with Crippen molar-refractivity contribution in [3.05, 3.63) is 71.8 Å². The van der Waals surface area contributed by atoms with Crippen LogP contribution in [0.4, 0.5) is 0 Å². The van der Waals surface area contributed by atoms with Crippen molar-refractivity contribution < 1.29 is 38.4 Å². The molecule has 0 atom stereocenters. The van der Waals surface area contributed by atoms with Gasteiger partial charge in [0.1, 0.15) is 28.4 Å². The molecule has 0 radical (unpaired) electrons. The number of benzene rings is 4. The number of thiocarbonyl (C=S) groups is 1. The van der Waals surface area contributed by atoms with E-state index in [1.54, 1.807) is 68.4 Å². The molecular weight excluding hydrogens is 522 g/mol. The number of methoxy groups -OCH3 is 1. The van der Waals surface area contributed by atoms with Crippen LogP contribution in [0, 0.1) is 0 Å². The lowest BCUT2D eigenvalue weighted by Gasteiger charge is -2.16. The average Bonchev–Trinajstić information content (AvgIpc) is 2.92. The number of carbonyl (C=O) groups is 2. The molecule has 0 amide bonds. The second-order valence-corrected chi connectivity index (χ2v) is 8.93. The Bertz CT molecular complexity index is 1570. The Balaban J connectivity index is 1.69. The molecule has 0 aliphatic rings. The van der Waals surface area contributed by atoms with Gasteiger partial charge in [-0.15, -0.1) is 0 Å². The summed E-state index contributed by atoms with van der Waals surface area (Å²) in [6.07, 6.45) is 0. The standard InChI is InChI=1S/C29H27NO8S/c1-5-35-27(32)23-10-7-18-12-21(36-16-37-29(39)30(2)3)9-11-22(18)26(23)38-28(33)24-14-19-13-20(34-4)8-6-17(19)15-25(24)31/h6-15,31H,5,16H2,1-4H3. The lowest BCUT2D eigenvalue weighted by atomic mass is 10.0. The third kappa shape index (κ3) is 6.12. The molecule has 0 unspecified atom stereocenters. The summed E-state index contributed by atoms with van der Waals surface area (Å²) in [5, 5.41) is 13.3. The SMILES string of the molecule is CCOC(=O)c1ccc2cc(OCOC(=S)N(C)C)ccc2c1OC(=O)c1cc2cc(OC)ccc2cc1O. The minimum Gasteiger partial charge on any atom is -0.507 e. The summed E-state index contributed by atoms with van der Waals surface area (Å²) >= 11 is 5.08. The van der Waals surface area contributed by atoms with Gasteiger partial charge in [-0.05, 0) is 83.8 Å². The van der Waals surface area contributed by atoms with Crippen LogP contribution < -0.4 is 14.2 Å². The normalized spacial score (nSPS) is 10.7. The first-order valence-corrected chi connectivity index (χ1v) is 12.4. The third-order valence-electron chi connectivity index (χ3n) is 5.79. The van der Waals surface area contributed by atoms with Crippen LogP contribution in [-0.2, 0) is 9.47 Å². The number of phenols is 1. The highest BCUT2D eigenvalue weighted by Crippen LogP contribution is 2.35. The van der Waals surface area contributed by atoms with E-state index in [0.717, 1.165) is 0 Å². The van der Waals surface area contributed by atoms with Gasteiger partial charge < -0.3 is 33.7 Å². The van der Waals surface area contributed by atoms with E-state index in [1.807, 2.05) is 0 Å². The molecule has 0 fully saturated rings. The topological polar surface area (TPSA) is 104 Å². The molecule has 202 valence electrons. The molecule has 0 saturated heterocycles. The second kappa shape index (κ2) is 11.9. The zero-order valence-corrected chi connectivity index (χ0v) is 22.7. The molecule has 4 aromatic carbocycles. The van der Waals surface area contributed by atoms with E-state index in [2.05, 4.69) is 0 Å². The molecular formula is C29H27NO8S. The molecule has 0 aliphatic heterocycles. The maximum absolute atomic E-state index is 13.3. The highest BCUT2D eigenvalue weighted by atomic mass is 32.1. The van der Waals surface area contributed by atoms with Crippen LogP contribution in [-0.4, -0.2) is 61.7 Å². The van der Waals surface area contributed by atoms with E-state index in [4.69, 9.17) is 35.9 Å². The van der Waals surface area contributed by atoms with Crippen LogP contribution in [0.1, 0.15) is 27.6 Å². The summed E-state index contributed by atoms with van der Waals surface area (Å²) in [6.45, 7) is 1.72. The van der Waals surface area contributed by atoms with Crippen LogP contribution in [0.2, 0.25) is 0 Å². The quantitative estimate of drug-likeness (QED) is 0.135. The van der Waals surface area contributed by atoms with Gasteiger partial charge in [-0.1, -0.05) is 12.1 Å². The van der Waals surface area contributed by atoms with Crippen molar-refractivity contribution >= 4 is 50.9 Å². The minimum absolute atomic E-state index is 0.00215. The number of carbonyl (C=O) groups excluding carboxylic acids is 2. The number of hydrogen-bond donors (Lipinski definition) is 1. The number of rotatable bonds is 8.